The van der Waals surface area contributed by atoms with Crippen molar-refractivity contribution in [2.24, 2.45) is 11.5 Å². The second-order valence-electron chi connectivity index (χ2n) is 2.51. The Bertz CT molecular complexity index is 174. The van der Waals surface area contributed by atoms with Gasteiger partial charge in [0, 0.05) is 0 Å². The largest absolute Gasteiger partial charge is 0.761 e. The molecule has 0 aliphatic carbocycles. The molecule has 0 heterocycles. The molecule has 0 rings (SSSR count). The van der Waals surface area contributed by atoms with Crippen LogP contribution in [0.25, 0.3) is 0 Å². The van der Waals surface area contributed by atoms with E-state index in [9.17, 15) is 4.79 Å². The number of aliphatic carboxylic acids is 1. The minimum Gasteiger partial charge on any atom is -0.511 e. The smallest absolute Gasteiger partial charge is 0.511 e. The summed E-state index contributed by atoms with van der Waals surface area (Å²) in [6.07, 6.45) is 2.16. The number of carboxylic acid groups (broad SMARTS) is 1. The number of carboxylic acids is 1. The molecule has 8 heteroatoms. The molecular formula is C6H16N2O5Si. The first-order valence-electron chi connectivity index (χ1n) is 4.02. The number of unbranched alkanes of at least 4 members (excludes halogenated alkanes) is 1. The normalized spacial score (nSPS) is 11.0. The van der Waals surface area contributed by atoms with Crippen molar-refractivity contribution in [2.75, 3.05) is 6.54 Å². The van der Waals surface area contributed by atoms with Crippen molar-refractivity contribution in [3.63, 3.8) is 0 Å². The summed E-state index contributed by atoms with van der Waals surface area (Å²) in [5.74, 6) is -0.933. The fourth-order valence-electron chi connectivity index (χ4n) is 0.632. The van der Waals surface area contributed by atoms with Gasteiger partial charge in [-0.25, -0.2) is 0 Å². The van der Waals surface area contributed by atoms with Gasteiger partial charge in [-0.05, 0) is 19.4 Å². The summed E-state index contributed by atoms with van der Waals surface area (Å²) >= 11 is 0. The molecule has 0 aliphatic rings. The Morgan fingerprint density at radius 3 is 2.07 bits per heavy atom. The molecule has 1 atom stereocenters. The molecule has 0 saturated carbocycles. The first kappa shape index (κ1) is 15.5. The average molecular weight is 224 g/mol. The van der Waals surface area contributed by atoms with E-state index in [2.05, 4.69) is 0 Å². The van der Waals surface area contributed by atoms with Crippen molar-refractivity contribution < 1.29 is 24.0 Å². The van der Waals surface area contributed by atoms with Gasteiger partial charge >= 0.3 is 15.1 Å². The Hall–Kier alpha value is -0.993. The molecule has 0 fully saturated rings. The zero-order valence-electron chi connectivity index (χ0n) is 7.72. The fraction of sp³-hybridized carbons (Fsp3) is 0.833. The van der Waals surface area contributed by atoms with E-state index in [4.69, 9.17) is 30.6 Å². The summed E-state index contributed by atoms with van der Waals surface area (Å²) in [5.41, 5.74) is 10.4. The lowest BCUT2D eigenvalue weighted by Crippen LogP contribution is -2.29. The average Bonchev–Trinajstić information content (AvgIpc) is 2.03. The van der Waals surface area contributed by atoms with Crippen LogP contribution in [0.2, 0.25) is 0 Å². The predicted molar refractivity (Wildman–Crippen MR) is 49.4 cm³/mol. The molecular weight excluding hydrogens is 208 g/mol. The molecule has 0 radical (unpaired) electrons. The molecule has 7 nitrogen and oxygen atoms in total. The number of hydrogen-bond donors (Lipinski definition) is 5. The third-order valence-electron chi connectivity index (χ3n) is 1.29. The van der Waals surface area contributed by atoms with Crippen LogP contribution in [0.4, 0.5) is 0 Å². The predicted octanol–water partition coefficient (Wildman–Crippen LogP) is -2.09. The summed E-state index contributed by atoms with van der Waals surface area (Å²) in [7, 11) is -3.13. The summed E-state index contributed by atoms with van der Waals surface area (Å²) in [5, 5.41) is 8.33. The highest BCUT2D eigenvalue weighted by molar-refractivity contribution is 6.22. The highest BCUT2D eigenvalue weighted by Crippen LogP contribution is 1.96. The second-order valence-corrected chi connectivity index (χ2v) is 3.08. The maximum absolute atomic E-state index is 10.1. The molecule has 0 spiro atoms. The molecule has 84 valence electrons. The lowest BCUT2D eigenvalue weighted by molar-refractivity contribution is -0.138. The lowest BCUT2D eigenvalue weighted by Gasteiger charge is -2.03. The van der Waals surface area contributed by atoms with E-state index in [0.717, 1.165) is 12.8 Å². The number of hydrogen-bond acceptors (Lipinski definition) is 4. The maximum Gasteiger partial charge on any atom is 0.761 e. The SMILES string of the molecule is NCCCCC(N)C(=O)O.O=[Si](O)O. The van der Waals surface area contributed by atoms with Crippen LogP contribution in [0.3, 0.4) is 0 Å². The Morgan fingerprint density at radius 2 is 1.79 bits per heavy atom. The Morgan fingerprint density at radius 1 is 1.36 bits per heavy atom. The van der Waals surface area contributed by atoms with Gasteiger partial charge in [0.25, 0.3) is 0 Å². The van der Waals surface area contributed by atoms with E-state index >= 15 is 0 Å². The van der Waals surface area contributed by atoms with Crippen molar-refractivity contribution in [3.05, 3.63) is 0 Å². The number of rotatable bonds is 5. The highest BCUT2D eigenvalue weighted by Gasteiger charge is 2.09. The summed E-state index contributed by atoms with van der Waals surface area (Å²) in [6.45, 7) is 0.604. The zero-order chi connectivity index (χ0) is 11.6. The number of nitrogens with two attached hydrogens (primary N) is 2. The standard InChI is InChI=1S/C6H14N2O2.H2O3Si/c7-4-2-1-3-5(8)6(9)10;1-4(2)3/h5H,1-4,7-8H2,(H,9,10);1-2H. The highest BCUT2D eigenvalue weighted by atomic mass is 28.3. The zero-order valence-corrected chi connectivity index (χ0v) is 8.72. The Balaban J connectivity index is 0. The van der Waals surface area contributed by atoms with Gasteiger partial charge < -0.3 is 26.2 Å². The van der Waals surface area contributed by atoms with Gasteiger partial charge in [0.05, 0.1) is 0 Å². The molecule has 1 unspecified atom stereocenters. The molecule has 0 aromatic carbocycles. The molecule has 14 heavy (non-hydrogen) atoms. The van der Waals surface area contributed by atoms with Crippen molar-refractivity contribution in [1.29, 1.82) is 0 Å². The minimum absolute atomic E-state index is 0.520. The Labute approximate surface area is 83.2 Å². The van der Waals surface area contributed by atoms with E-state index < -0.39 is 21.2 Å². The lowest BCUT2D eigenvalue weighted by atomic mass is 10.1. The Kier molecular flexibility index (Phi) is 11.2. The maximum atomic E-state index is 10.1. The summed E-state index contributed by atoms with van der Waals surface area (Å²) in [6, 6.07) is -0.716. The minimum atomic E-state index is -3.13. The third kappa shape index (κ3) is 17.2. The van der Waals surface area contributed by atoms with Crippen LogP contribution in [-0.4, -0.2) is 42.4 Å². The first-order valence-corrected chi connectivity index (χ1v) is 5.32. The van der Waals surface area contributed by atoms with Gasteiger partial charge in [0.2, 0.25) is 0 Å². The molecule has 0 bridgehead atoms. The van der Waals surface area contributed by atoms with Crippen LogP contribution >= 0.6 is 0 Å². The van der Waals surface area contributed by atoms with Gasteiger partial charge in [0.1, 0.15) is 6.04 Å². The van der Waals surface area contributed by atoms with Crippen molar-refractivity contribution in [3.8, 4) is 0 Å². The van der Waals surface area contributed by atoms with E-state index in [1.165, 1.54) is 0 Å². The first-order chi connectivity index (χ1) is 6.41. The van der Waals surface area contributed by atoms with Gasteiger partial charge in [0.15, 0.2) is 0 Å². The fourth-order valence-corrected chi connectivity index (χ4v) is 0.632. The van der Waals surface area contributed by atoms with Crippen LogP contribution < -0.4 is 11.5 Å². The van der Waals surface area contributed by atoms with E-state index in [1.54, 1.807) is 0 Å². The summed E-state index contributed by atoms with van der Waals surface area (Å²) < 4.78 is 8.74. The van der Waals surface area contributed by atoms with Crippen LogP contribution in [0.15, 0.2) is 0 Å². The third-order valence-corrected chi connectivity index (χ3v) is 1.29. The quantitative estimate of drug-likeness (QED) is 0.266. The van der Waals surface area contributed by atoms with Crippen molar-refractivity contribution >= 4 is 15.1 Å². The van der Waals surface area contributed by atoms with Crippen molar-refractivity contribution in [2.45, 2.75) is 25.3 Å². The molecule has 7 N–H and O–H groups in total. The number of carbonyl (C=O) groups is 1. The van der Waals surface area contributed by atoms with Crippen LogP contribution in [-0.2, 0) is 9.26 Å². The van der Waals surface area contributed by atoms with Crippen molar-refractivity contribution in [1.82, 2.24) is 0 Å². The summed E-state index contributed by atoms with van der Waals surface area (Å²) in [4.78, 5) is 24.5. The van der Waals surface area contributed by atoms with Gasteiger partial charge in [-0.15, -0.1) is 0 Å². The van der Waals surface area contributed by atoms with Gasteiger partial charge in [-0.3, -0.25) is 9.26 Å². The van der Waals surface area contributed by atoms with Gasteiger partial charge in [-0.2, -0.15) is 0 Å². The monoisotopic (exact) mass is 224 g/mol. The molecule has 0 aliphatic heterocycles. The molecule has 0 saturated heterocycles. The van der Waals surface area contributed by atoms with E-state index in [-0.39, 0.29) is 0 Å². The van der Waals surface area contributed by atoms with E-state index in [1.807, 2.05) is 0 Å². The molecule has 0 aromatic heterocycles. The topological polar surface area (TPSA) is 147 Å². The van der Waals surface area contributed by atoms with Gasteiger partial charge in [-0.1, -0.05) is 6.42 Å². The molecule has 0 aromatic rings. The van der Waals surface area contributed by atoms with Crippen LogP contribution in [0.5, 0.6) is 0 Å². The van der Waals surface area contributed by atoms with Crippen LogP contribution in [0.1, 0.15) is 19.3 Å². The second kappa shape index (κ2) is 10.1. The van der Waals surface area contributed by atoms with E-state index in [0.29, 0.717) is 13.0 Å². The van der Waals surface area contributed by atoms with Crippen LogP contribution in [0, 0.1) is 0 Å². The molecule has 0 amide bonds.